The fourth-order valence-electron chi connectivity index (χ4n) is 2.20. The van der Waals surface area contributed by atoms with E-state index in [4.69, 9.17) is 5.14 Å². The SMILES string of the molecule is NS(=O)(=O)c1ccc(F)c(C(=O)NCc2nnnn2-c2ccccc2)c1. The van der Waals surface area contributed by atoms with Gasteiger partial charge in [0.25, 0.3) is 5.91 Å². The van der Waals surface area contributed by atoms with Crippen molar-refractivity contribution >= 4 is 15.9 Å². The topological polar surface area (TPSA) is 133 Å². The van der Waals surface area contributed by atoms with Crippen LogP contribution in [0.5, 0.6) is 0 Å². The number of amides is 1. The lowest BCUT2D eigenvalue weighted by atomic mass is 10.2. The Labute approximate surface area is 147 Å². The van der Waals surface area contributed by atoms with Gasteiger partial charge in [0, 0.05) is 0 Å². The highest BCUT2D eigenvalue weighted by Gasteiger charge is 2.18. The highest BCUT2D eigenvalue weighted by Crippen LogP contribution is 2.14. The van der Waals surface area contributed by atoms with E-state index in [1.54, 1.807) is 24.3 Å². The molecule has 0 aliphatic heterocycles. The number of tetrazole rings is 1. The zero-order valence-electron chi connectivity index (χ0n) is 13.2. The molecule has 0 atom stereocenters. The molecule has 0 saturated carbocycles. The molecule has 1 amide bonds. The maximum absolute atomic E-state index is 13.9. The number of benzene rings is 2. The Morgan fingerprint density at radius 3 is 2.62 bits per heavy atom. The van der Waals surface area contributed by atoms with Crippen LogP contribution in [0.25, 0.3) is 5.69 Å². The van der Waals surface area contributed by atoms with Gasteiger partial charge in [0.1, 0.15) is 5.82 Å². The number of primary sulfonamides is 1. The highest BCUT2D eigenvalue weighted by atomic mass is 32.2. The number of sulfonamides is 1. The van der Waals surface area contributed by atoms with E-state index in [9.17, 15) is 17.6 Å². The first-order valence-electron chi connectivity index (χ1n) is 7.29. The number of carbonyl (C=O) groups is 1. The van der Waals surface area contributed by atoms with Crippen LogP contribution < -0.4 is 10.5 Å². The van der Waals surface area contributed by atoms with Crippen LogP contribution in [0.1, 0.15) is 16.2 Å². The molecule has 0 bridgehead atoms. The van der Waals surface area contributed by atoms with E-state index in [2.05, 4.69) is 20.8 Å². The largest absolute Gasteiger partial charge is 0.345 e. The monoisotopic (exact) mass is 376 g/mol. The van der Waals surface area contributed by atoms with E-state index >= 15 is 0 Å². The average molecular weight is 376 g/mol. The third-order valence-corrected chi connectivity index (χ3v) is 4.36. The Kier molecular flexibility index (Phi) is 4.73. The van der Waals surface area contributed by atoms with Gasteiger partial charge in [-0.05, 0) is 40.8 Å². The zero-order chi connectivity index (χ0) is 18.7. The third kappa shape index (κ3) is 3.73. The number of para-hydroxylation sites is 1. The standard InChI is InChI=1S/C15H13FN6O3S/c16-13-7-6-11(26(17,24)25)8-12(13)15(23)18-9-14-19-20-21-22(14)10-4-2-1-3-5-10/h1-8H,9H2,(H,18,23)(H2,17,24,25). The fourth-order valence-corrected chi connectivity index (χ4v) is 2.74. The number of nitrogens with one attached hydrogen (secondary N) is 1. The van der Waals surface area contributed by atoms with Gasteiger partial charge in [0.15, 0.2) is 5.82 Å². The molecule has 9 nitrogen and oxygen atoms in total. The molecule has 3 aromatic rings. The van der Waals surface area contributed by atoms with Crippen molar-refractivity contribution in [1.82, 2.24) is 25.5 Å². The average Bonchev–Trinajstić information content (AvgIpc) is 3.08. The fraction of sp³-hybridized carbons (Fsp3) is 0.0667. The second-order valence-electron chi connectivity index (χ2n) is 5.21. The normalized spacial score (nSPS) is 11.3. The number of halogens is 1. The summed E-state index contributed by atoms with van der Waals surface area (Å²) >= 11 is 0. The van der Waals surface area contributed by atoms with E-state index in [0.717, 1.165) is 18.2 Å². The van der Waals surface area contributed by atoms with Crippen molar-refractivity contribution in [1.29, 1.82) is 0 Å². The van der Waals surface area contributed by atoms with Crippen molar-refractivity contribution < 1.29 is 17.6 Å². The summed E-state index contributed by atoms with van der Waals surface area (Å²) in [4.78, 5) is 11.9. The number of hydrogen-bond acceptors (Lipinski definition) is 6. The van der Waals surface area contributed by atoms with Crippen LogP contribution in [-0.2, 0) is 16.6 Å². The maximum Gasteiger partial charge on any atom is 0.254 e. The molecule has 26 heavy (non-hydrogen) atoms. The highest BCUT2D eigenvalue weighted by molar-refractivity contribution is 7.89. The molecule has 3 N–H and O–H groups in total. The summed E-state index contributed by atoms with van der Waals surface area (Å²) in [6.45, 7) is -0.0975. The van der Waals surface area contributed by atoms with Gasteiger partial charge in [0.2, 0.25) is 10.0 Å². The predicted molar refractivity (Wildman–Crippen MR) is 88.1 cm³/mol. The summed E-state index contributed by atoms with van der Waals surface area (Å²) < 4.78 is 38.0. The van der Waals surface area contributed by atoms with E-state index in [1.165, 1.54) is 4.68 Å². The minimum Gasteiger partial charge on any atom is -0.345 e. The van der Waals surface area contributed by atoms with Crippen LogP contribution in [0.15, 0.2) is 53.4 Å². The van der Waals surface area contributed by atoms with Crippen molar-refractivity contribution in [3.05, 3.63) is 65.7 Å². The molecule has 0 spiro atoms. The minimum absolute atomic E-state index is 0.0975. The third-order valence-electron chi connectivity index (χ3n) is 3.45. The Morgan fingerprint density at radius 1 is 1.19 bits per heavy atom. The first-order valence-corrected chi connectivity index (χ1v) is 8.84. The molecule has 134 valence electrons. The Hall–Kier alpha value is -3.18. The molecule has 11 heteroatoms. The van der Waals surface area contributed by atoms with E-state index in [1.807, 2.05) is 6.07 Å². The quantitative estimate of drug-likeness (QED) is 0.661. The number of carbonyl (C=O) groups excluding carboxylic acids is 1. The molecule has 1 heterocycles. The number of rotatable bonds is 5. The molecule has 3 rings (SSSR count). The smallest absolute Gasteiger partial charge is 0.254 e. The van der Waals surface area contributed by atoms with E-state index < -0.39 is 27.3 Å². The van der Waals surface area contributed by atoms with Crippen molar-refractivity contribution in [2.24, 2.45) is 5.14 Å². The molecule has 1 aromatic heterocycles. The van der Waals surface area contributed by atoms with Crippen molar-refractivity contribution in [2.75, 3.05) is 0 Å². The molecule has 2 aromatic carbocycles. The van der Waals surface area contributed by atoms with Gasteiger partial charge in [-0.2, -0.15) is 4.68 Å². The van der Waals surface area contributed by atoms with Crippen molar-refractivity contribution in [2.45, 2.75) is 11.4 Å². The minimum atomic E-state index is -4.06. The Bertz CT molecular complexity index is 1050. The summed E-state index contributed by atoms with van der Waals surface area (Å²) in [5, 5.41) is 18.7. The van der Waals surface area contributed by atoms with Gasteiger partial charge in [-0.1, -0.05) is 18.2 Å². The summed E-state index contributed by atoms with van der Waals surface area (Å²) in [5.41, 5.74) is 0.236. The Morgan fingerprint density at radius 2 is 1.92 bits per heavy atom. The van der Waals surface area contributed by atoms with Crippen LogP contribution in [0.4, 0.5) is 4.39 Å². The first kappa shape index (κ1) is 17.6. The second-order valence-corrected chi connectivity index (χ2v) is 6.77. The molecule has 0 aliphatic rings. The lowest BCUT2D eigenvalue weighted by Gasteiger charge is -2.08. The summed E-state index contributed by atoms with van der Waals surface area (Å²) in [6, 6.07) is 11.7. The molecular weight excluding hydrogens is 363 g/mol. The van der Waals surface area contributed by atoms with E-state index in [0.29, 0.717) is 11.5 Å². The molecule has 0 radical (unpaired) electrons. The predicted octanol–water partition coefficient (Wildman–Crippen LogP) is 0.379. The maximum atomic E-state index is 13.9. The molecule has 0 aliphatic carbocycles. The molecule has 0 saturated heterocycles. The first-order chi connectivity index (χ1) is 12.4. The van der Waals surface area contributed by atoms with Crippen LogP contribution >= 0.6 is 0 Å². The number of nitrogens with two attached hydrogens (primary N) is 1. The summed E-state index contributed by atoms with van der Waals surface area (Å²) in [7, 11) is -4.06. The lowest BCUT2D eigenvalue weighted by molar-refractivity contribution is 0.0945. The second kappa shape index (κ2) is 6.98. The van der Waals surface area contributed by atoms with Gasteiger partial charge >= 0.3 is 0 Å². The lowest BCUT2D eigenvalue weighted by Crippen LogP contribution is -2.26. The van der Waals surface area contributed by atoms with E-state index in [-0.39, 0.29) is 11.4 Å². The van der Waals surface area contributed by atoms with Gasteiger partial charge in [0.05, 0.1) is 22.7 Å². The van der Waals surface area contributed by atoms with Crippen LogP contribution in [0, 0.1) is 5.82 Å². The van der Waals surface area contributed by atoms with Crippen LogP contribution in [0.3, 0.4) is 0 Å². The van der Waals surface area contributed by atoms with Crippen molar-refractivity contribution in [3.8, 4) is 5.69 Å². The number of aromatic nitrogens is 4. The summed E-state index contributed by atoms with van der Waals surface area (Å²) in [5.74, 6) is -1.39. The molecule has 0 unspecified atom stereocenters. The molecule has 0 fully saturated rings. The number of nitrogens with zero attached hydrogens (tertiary/aromatic N) is 4. The van der Waals surface area contributed by atoms with Gasteiger partial charge < -0.3 is 5.32 Å². The van der Waals surface area contributed by atoms with Gasteiger partial charge in [-0.25, -0.2) is 17.9 Å². The van der Waals surface area contributed by atoms with Gasteiger partial charge in [-0.15, -0.1) is 5.10 Å². The summed E-state index contributed by atoms with van der Waals surface area (Å²) in [6.07, 6.45) is 0. The van der Waals surface area contributed by atoms with Crippen LogP contribution in [0.2, 0.25) is 0 Å². The number of hydrogen-bond donors (Lipinski definition) is 2. The zero-order valence-corrected chi connectivity index (χ0v) is 14.0. The molecular formula is C15H13FN6O3S. The van der Waals surface area contributed by atoms with Crippen molar-refractivity contribution in [3.63, 3.8) is 0 Å². The Balaban J connectivity index is 1.80. The van der Waals surface area contributed by atoms with Gasteiger partial charge in [-0.3, -0.25) is 4.79 Å². The van der Waals surface area contributed by atoms with Crippen LogP contribution in [-0.4, -0.2) is 34.5 Å².